The molecule has 82 valence electrons. The third kappa shape index (κ3) is 4.45. The molecule has 0 aliphatic rings. The summed E-state index contributed by atoms with van der Waals surface area (Å²) in [6.45, 7) is 1.51. The Kier molecular flexibility index (Phi) is 4.89. The van der Waals surface area contributed by atoms with Gasteiger partial charge < -0.3 is 10.1 Å². The molecule has 0 spiro atoms. The number of amides is 1. The Balaban J connectivity index is 4.13. The zero-order valence-corrected chi connectivity index (χ0v) is 8.61. The quantitative estimate of drug-likeness (QED) is 0.475. The van der Waals surface area contributed by atoms with Crippen LogP contribution in [0.25, 0.3) is 0 Å². The van der Waals surface area contributed by atoms with E-state index in [4.69, 9.17) is 0 Å². The summed E-state index contributed by atoms with van der Waals surface area (Å²) in [6.07, 6.45) is -5.02. The van der Waals surface area contributed by atoms with Crippen molar-refractivity contribution in [2.45, 2.75) is 18.1 Å². The van der Waals surface area contributed by atoms with E-state index in [1.165, 1.54) is 12.2 Å². The third-order valence-corrected chi connectivity index (χ3v) is 1.61. The molecule has 4 nitrogen and oxygen atoms in total. The molecule has 1 atom stereocenters. The number of alkyl halides is 4. The van der Waals surface area contributed by atoms with E-state index in [0.29, 0.717) is 0 Å². The summed E-state index contributed by atoms with van der Waals surface area (Å²) >= 11 is 2.53. The van der Waals surface area contributed by atoms with Crippen LogP contribution in [0.4, 0.5) is 13.2 Å². The molecule has 0 saturated carbocycles. The van der Waals surface area contributed by atoms with Gasteiger partial charge >= 0.3 is 18.1 Å². The molecule has 0 aliphatic heterocycles. The van der Waals surface area contributed by atoms with E-state index >= 15 is 0 Å². The van der Waals surface area contributed by atoms with E-state index in [-0.39, 0.29) is 6.61 Å². The van der Waals surface area contributed by atoms with Crippen LogP contribution in [0.2, 0.25) is 0 Å². The van der Waals surface area contributed by atoms with Crippen molar-refractivity contribution in [1.29, 1.82) is 0 Å². The molecule has 0 heterocycles. The first kappa shape index (κ1) is 13.2. The van der Waals surface area contributed by atoms with Crippen LogP contribution in [-0.4, -0.2) is 29.6 Å². The normalized spacial score (nSPS) is 13.2. The Labute approximate surface area is 85.9 Å². The van der Waals surface area contributed by atoms with Crippen molar-refractivity contribution in [3.63, 3.8) is 0 Å². The second-order valence-corrected chi connectivity index (χ2v) is 3.00. The second kappa shape index (κ2) is 5.18. The SMILES string of the molecule is CCOC(=O)C(Br)NC(=O)C(F)(F)F. The molecule has 8 heteroatoms. The summed E-state index contributed by atoms with van der Waals surface area (Å²) < 4.78 is 39.4. The van der Waals surface area contributed by atoms with Gasteiger partial charge in [-0.2, -0.15) is 13.2 Å². The highest BCUT2D eigenvalue weighted by Crippen LogP contribution is 2.15. The topological polar surface area (TPSA) is 55.4 Å². The van der Waals surface area contributed by atoms with Gasteiger partial charge in [0, 0.05) is 0 Å². The molecule has 0 aromatic heterocycles. The monoisotopic (exact) mass is 277 g/mol. The smallest absolute Gasteiger partial charge is 0.464 e. The van der Waals surface area contributed by atoms with Gasteiger partial charge in [0.15, 0.2) is 4.95 Å². The van der Waals surface area contributed by atoms with Crippen molar-refractivity contribution < 1.29 is 27.5 Å². The molecule has 0 aliphatic carbocycles. The largest absolute Gasteiger partial charge is 0.471 e. The fourth-order valence-electron chi connectivity index (χ4n) is 0.471. The van der Waals surface area contributed by atoms with E-state index in [2.05, 4.69) is 20.7 Å². The number of carbonyl (C=O) groups is 2. The molecule has 1 unspecified atom stereocenters. The van der Waals surface area contributed by atoms with E-state index in [0.717, 1.165) is 0 Å². The standard InChI is InChI=1S/C6H7BrF3NO3/c1-2-14-4(12)3(7)11-5(13)6(8,9)10/h3H,2H2,1H3,(H,11,13). The van der Waals surface area contributed by atoms with E-state index in [1.807, 2.05) is 0 Å². The number of rotatable bonds is 3. The molecule has 1 N–H and O–H groups in total. The van der Waals surface area contributed by atoms with Gasteiger partial charge in [-0.25, -0.2) is 4.79 Å². The predicted octanol–water partition coefficient (Wildman–Crippen LogP) is 0.949. The molecule has 0 aromatic rings. The average Bonchev–Trinajstić information content (AvgIpc) is 2.02. The zero-order chi connectivity index (χ0) is 11.4. The zero-order valence-electron chi connectivity index (χ0n) is 7.02. The van der Waals surface area contributed by atoms with Crippen LogP contribution in [0, 0.1) is 0 Å². The Bertz CT molecular complexity index is 231. The van der Waals surface area contributed by atoms with Crippen LogP contribution < -0.4 is 5.32 Å². The molecule has 0 radical (unpaired) electrons. The fourth-order valence-corrected chi connectivity index (χ4v) is 0.811. The minimum Gasteiger partial charge on any atom is -0.464 e. The van der Waals surface area contributed by atoms with Crippen molar-refractivity contribution in [2.75, 3.05) is 6.61 Å². The van der Waals surface area contributed by atoms with Crippen LogP contribution in [0.1, 0.15) is 6.92 Å². The molecule has 0 rings (SSSR count). The molecule has 0 fully saturated rings. The lowest BCUT2D eigenvalue weighted by atomic mass is 10.5. The number of hydrogen-bond donors (Lipinski definition) is 1. The number of carbonyl (C=O) groups excluding carboxylic acids is 2. The van der Waals surface area contributed by atoms with Gasteiger partial charge in [-0.3, -0.25) is 4.79 Å². The molecular formula is C6H7BrF3NO3. The maximum absolute atomic E-state index is 11.7. The van der Waals surface area contributed by atoms with Crippen molar-refractivity contribution in [2.24, 2.45) is 0 Å². The highest BCUT2D eigenvalue weighted by Gasteiger charge is 2.40. The van der Waals surface area contributed by atoms with Crippen molar-refractivity contribution in [1.82, 2.24) is 5.32 Å². The molecule has 1 amide bonds. The number of esters is 1. The predicted molar refractivity (Wildman–Crippen MR) is 43.5 cm³/mol. The van der Waals surface area contributed by atoms with Gasteiger partial charge in [-0.15, -0.1) is 0 Å². The van der Waals surface area contributed by atoms with Crippen molar-refractivity contribution >= 4 is 27.8 Å². The molecule has 0 bridgehead atoms. The van der Waals surface area contributed by atoms with Gasteiger partial charge in [0.05, 0.1) is 6.61 Å². The third-order valence-electron chi connectivity index (χ3n) is 1.01. The maximum Gasteiger partial charge on any atom is 0.471 e. The number of nitrogens with one attached hydrogen (secondary N) is 1. The Hall–Kier alpha value is -0.790. The minimum atomic E-state index is -5.02. The lowest BCUT2D eigenvalue weighted by Gasteiger charge is -2.12. The van der Waals surface area contributed by atoms with Crippen LogP contribution >= 0.6 is 15.9 Å². The highest BCUT2D eigenvalue weighted by molar-refractivity contribution is 9.10. The Morgan fingerprint density at radius 3 is 2.36 bits per heavy atom. The van der Waals surface area contributed by atoms with E-state index < -0.39 is 23.0 Å². The van der Waals surface area contributed by atoms with Gasteiger partial charge in [-0.1, -0.05) is 15.9 Å². The summed E-state index contributed by atoms with van der Waals surface area (Å²) in [5.74, 6) is -3.18. The van der Waals surface area contributed by atoms with Gasteiger partial charge in [0.1, 0.15) is 0 Å². The number of halogens is 4. The molecule has 14 heavy (non-hydrogen) atoms. The van der Waals surface area contributed by atoms with Crippen LogP contribution in [0.15, 0.2) is 0 Å². The first-order valence-electron chi connectivity index (χ1n) is 3.47. The van der Waals surface area contributed by atoms with Gasteiger partial charge in [-0.05, 0) is 6.92 Å². The summed E-state index contributed by atoms with van der Waals surface area (Å²) in [4.78, 5) is 19.6. The lowest BCUT2D eigenvalue weighted by molar-refractivity contribution is -0.174. The Morgan fingerprint density at radius 2 is 2.00 bits per heavy atom. The van der Waals surface area contributed by atoms with Gasteiger partial charge in [0.2, 0.25) is 0 Å². The van der Waals surface area contributed by atoms with Crippen LogP contribution in [0.5, 0.6) is 0 Å². The van der Waals surface area contributed by atoms with Crippen LogP contribution in [-0.2, 0) is 14.3 Å². The summed E-state index contributed by atoms with van der Waals surface area (Å²) in [6, 6.07) is 0. The summed E-state index contributed by atoms with van der Waals surface area (Å²) in [5, 5.41) is 1.38. The molecule has 0 aromatic carbocycles. The summed E-state index contributed by atoms with van der Waals surface area (Å²) in [5.41, 5.74) is 0. The van der Waals surface area contributed by atoms with Crippen molar-refractivity contribution in [3.8, 4) is 0 Å². The molecular weight excluding hydrogens is 271 g/mol. The highest BCUT2D eigenvalue weighted by atomic mass is 79.9. The number of ether oxygens (including phenoxy) is 1. The van der Waals surface area contributed by atoms with E-state index in [9.17, 15) is 22.8 Å². The first-order chi connectivity index (χ1) is 6.29. The number of hydrogen-bond acceptors (Lipinski definition) is 3. The maximum atomic E-state index is 11.7. The average molecular weight is 278 g/mol. The van der Waals surface area contributed by atoms with E-state index in [1.54, 1.807) is 0 Å². The molecule has 0 saturated heterocycles. The Morgan fingerprint density at radius 1 is 1.50 bits per heavy atom. The lowest BCUT2D eigenvalue weighted by Crippen LogP contribution is -2.44. The minimum absolute atomic E-state index is 0.0167. The summed E-state index contributed by atoms with van der Waals surface area (Å²) in [7, 11) is 0. The first-order valence-corrected chi connectivity index (χ1v) is 4.39. The van der Waals surface area contributed by atoms with Gasteiger partial charge in [0.25, 0.3) is 0 Å². The fraction of sp³-hybridized carbons (Fsp3) is 0.667. The van der Waals surface area contributed by atoms with Crippen molar-refractivity contribution in [3.05, 3.63) is 0 Å². The van der Waals surface area contributed by atoms with Crippen LogP contribution in [0.3, 0.4) is 0 Å². The second-order valence-electron chi connectivity index (χ2n) is 2.09.